The van der Waals surface area contributed by atoms with Crippen molar-refractivity contribution in [3.05, 3.63) is 71.6 Å². The van der Waals surface area contributed by atoms with Crippen LogP contribution in [-0.2, 0) is 16.4 Å². The fourth-order valence-corrected chi connectivity index (χ4v) is 4.94. The molecule has 4 heteroatoms. The third-order valence-electron chi connectivity index (χ3n) is 4.69. The summed E-state index contributed by atoms with van der Waals surface area (Å²) in [4.78, 5) is 0.394. The number of rotatable bonds is 4. The Morgan fingerprint density at radius 3 is 2.42 bits per heavy atom. The Morgan fingerprint density at radius 2 is 1.75 bits per heavy atom. The molecule has 1 aliphatic rings. The predicted octanol–water partition coefficient (Wildman–Crippen LogP) is 3.99. The Morgan fingerprint density at radius 1 is 1.08 bits per heavy atom. The van der Waals surface area contributed by atoms with Crippen LogP contribution in [0.3, 0.4) is 0 Å². The molecular weight excluding hydrogens is 318 g/mol. The van der Waals surface area contributed by atoms with Gasteiger partial charge in [0.05, 0.1) is 30.3 Å². The lowest BCUT2D eigenvalue weighted by molar-refractivity contribution is 0.267. The summed E-state index contributed by atoms with van der Waals surface area (Å²) in [7, 11) is -3.45. The van der Waals surface area contributed by atoms with Gasteiger partial charge in [-0.25, -0.2) is 8.42 Å². The molecule has 0 N–H and O–H groups in total. The molecule has 0 aromatic heterocycles. The zero-order valence-corrected chi connectivity index (χ0v) is 15.1. The molecule has 1 unspecified atom stereocenters. The maximum absolute atomic E-state index is 13.1. The lowest BCUT2D eigenvalue weighted by Gasteiger charge is -2.33. The predicted molar refractivity (Wildman–Crippen MR) is 97.2 cm³/mol. The van der Waals surface area contributed by atoms with E-state index < -0.39 is 10.0 Å². The number of aryl methyl sites for hydroxylation is 1. The van der Waals surface area contributed by atoms with Crippen molar-refractivity contribution in [2.24, 2.45) is 0 Å². The third-order valence-corrected chi connectivity index (χ3v) is 6.66. The molecule has 0 bridgehead atoms. The van der Waals surface area contributed by atoms with E-state index in [1.165, 1.54) is 11.5 Å². The highest BCUT2D eigenvalue weighted by Crippen LogP contribution is 2.31. The summed E-state index contributed by atoms with van der Waals surface area (Å²) < 4.78 is 28.0. The molecule has 1 saturated heterocycles. The van der Waals surface area contributed by atoms with Crippen molar-refractivity contribution in [2.45, 2.75) is 44.0 Å². The van der Waals surface area contributed by atoms with Crippen molar-refractivity contribution in [3.63, 3.8) is 0 Å². The van der Waals surface area contributed by atoms with Gasteiger partial charge in [0.2, 0.25) is 10.0 Å². The fraction of sp³-hybridized carbons (Fsp3) is 0.350. The van der Waals surface area contributed by atoms with E-state index in [1.807, 2.05) is 37.3 Å². The minimum atomic E-state index is -3.45. The van der Waals surface area contributed by atoms with E-state index in [4.69, 9.17) is 0 Å². The van der Waals surface area contributed by atoms with Gasteiger partial charge in [0.25, 0.3) is 0 Å². The van der Waals surface area contributed by atoms with Crippen LogP contribution in [-0.4, -0.2) is 25.3 Å². The van der Waals surface area contributed by atoms with E-state index in [-0.39, 0.29) is 6.04 Å². The average Bonchev–Trinajstić information content (AvgIpc) is 2.56. The second kappa shape index (κ2) is 6.99. The topological polar surface area (TPSA) is 37.4 Å². The van der Waals surface area contributed by atoms with Crippen molar-refractivity contribution in [1.82, 2.24) is 4.31 Å². The van der Waals surface area contributed by atoms with E-state index >= 15 is 0 Å². The highest BCUT2D eigenvalue weighted by atomic mass is 32.2. The van der Waals surface area contributed by atoms with E-state index in [1.54, 1.807) is 16.4 Å². The number of hydrogen-bond acceptors (Lipinski definition) is 2. The number of sulfonamides is 1. The molecule has 1 atom stereocenters. The number of nitrogens with zero attached hydrogens (tertiary/aromatic N) is 1. The maximum Gasteiger partial charge on any atom is 0.243 e. The quantitative estimate of drug-likeness (QED) is 0.788. The van der Waals surface area contributed by atoms with Crippen molar-refractivity contribution >= 4 is 10.0 Å². The molecule has 24 heavy (non-hydrogen) atoms. The molecule has 1 fully saturated rings. The van der Waals surface area contributed by atoms with Crippen LogP contribution in [0.1, 0.15) is 30.9 Å². The Bertz CT molecular complexity index is 769. The van der Waals surface area contributed by atoms with Crippen LogP contribution >= 0.6 is 0 Å². The Hall–Kier alpha value is -1.78. The summed E-state index contributed by atoms with van der Waals surface area (Å²) in [5.41, 5.74) is 2.25. The molecule has 1 heterocycles. The van der Waals surface area contributed by atoms with Gasteiger partial charge < -0.3 is 0 Å². The smallest absolute Gasteiger partial charge is 0.207 e. The molecule has 3 nitrogen and oxygen atoms in total. The van der Waals surface area contributed by atoms with Crippen LogP contribution in [0.15, 0.2) is 59.5 Å². The molecule has 0 spiro atoms. The van der Waals surface area contributed by atoms with Crippen molar-refractivity contribution < 1.29 is 8.42 Å². The number of piperidine rings is 1. The highest BCUT2D eigenvalue weighted by Gasteiger charge is 2.40. The zero-order chi connectivity index (χ0) is 17.2. The normalized spacial score (nSPS) is 19.4. The van der Waals surface area contributed by atoms with Crippen LogP contribution in [0.25, 0.3) is 0 Å². The van der Waals surface area contributed by atoms with Gasteiger partial charge in [0, 0.05) is 0 Å². The van der Waals surface area contributed by atoms with Crippen LogP contribution in [0.4, 0.5) is 0 Å². The fourth-order valence-electron chi connectivity index (χ4n) is 3.31. The van der Waals surface area contributed by atoms with Crippen LogP contribution < -0.4 is 0 Å². The largest absolute Gasteiger partial charge is 0.243 e. The summed E-state index contributed by atoms with van der Waals surface area (Å²) in [6, 6.07) is 17.3. The molecular formula is C20H24NO2S+. The highest BCUT2D eigenvalue weighted by molar-refractivity contribution is 7.89. The summed E-state index contributed by atoms with van der Waals surface area (Å²) in [5.74, 6) is 1.38. The third kappa shape index (κ3) is 3.65. The Kier molecular flexibility index (Phi) is 4.97. The summed E-state index contributed by atoms with van der Waals surface area (Å²) >= 11 is 0. The van der Waals surface area contributed by atoms with Gasteiger partial charge in [-0.3, -0.25) is 0 Å². The van der Waals surface area contributed by atoms with Gasteiger partial charge in [0.1, 0.15) is 12.8 Å². The standard InChI is InChI=1S/C20H24NO2S/c1-16-8-10-20(11-9-16)24(22,23)21-13-12-17(2)14-19(21)15-18-6-4-3-5-7-18/h3-11,19H,12-15H2,1-2H3/q+1. The van der Waals surface area contributed by atoms with Gasteiger partial charge in [-0.1, -0.05) is 48.0 Å². The maximum atomic E-state index is 13.1. The van der Waals surface area contributed by atoms with E-state index in [2.05, 4.69) is 19.1 Å². The van der Waals surface area contributed by atoms with Crippen LogP contribution in [0.5, 0.6) is 0 Å². The van der Waals surface area contributed by atoms with Gasteiger partial charge in [-0.2, -0.15) is 4.31 Å². The number of hydrogen-bond donors (Lipinski definition) is 0. The van der Waals surface area contributed by atoms with Gasteiger partial charge in [-0.05, 0) is 31.0 Å². The minimum absolute atomic E-state index is 0.00699. The van der Waals surface area contributed by atoms with Gasteiger partial charge >= 0.3 is 0 Å². The first-order valence-corrected chi connectivity index (χ1v) is 9.84. The second-order valence-corrected chi connectivity index (χ2v) is 8.57. The monoisotopic (exact) mass is 342 g/mol. The average molecular weight is 342 g/mol. The van der Waals surface area contributed by atoms with E-state index in [9.17, 15) is 8.42 Å². The molecule has 126 valence electrons. The summed E-state index contributed by atoms with van der Waals surface area (Å²) in [6.07, 6.45) is 2.43. The Balaban J connectivity index is 1.89. The molecule has 0 saturated carbocycles. The number of benzene rings is 2. The molecule has 1 aliphatic heterocycles. The van der Waals surface area contributed by atoms with Crippen molar-refractivity contribution in [1.29, 1.82) is 0 Å². The molecule has 2 aromatic carbocycles. The van der Waals surface area contributed by atoms with Gasteiger partial charge in [0.15, 0.2) is 0 Å². The van der Waals surface area contributed by atoms with E-state index in [0.717, 1.165) is 24.8 Å². The lowest BCUT2D eigenvalue weighted by Crippen LogP contribution is -2.46. The molecule has 2 aromatic rings. The first-order chi connectivity index (χ1) is 11.5. The molecule has 0 radical (unpaired) electrons. The van der Waals surface area contributed by atoms with Crippen LogP contribution in [0.2, 0.25) is 0 Å². The SMILES string of the molecule is Cc1ccc(S(=O)(=O)N2CC[C+](C)CC2Cc2ccccc2)cc1. The van der Waals surface area contributed by atoms with Crippen molar-refractivity contribution in [3.8, 4) is 0 Å². The minimum Gasteiger partial charge on any atom is -0.207 e. The first kappa shape index (κ1) is 17.1. The summed E-state index contributed by atoms with van der Waals surface area (Å²) in [5, 5.41) is 0. The molecule has 0 aliphatic carbocycles. The molecule has 0 amide bonds. The molecule has 3 rings (SSSR count). The lowest BCUT2D eigenvalue weighted by atomic mass is 9.90. The van der Waals surface area contributed by atoms with Crippen molar-refractivity contribution in [2.75, 3.05) is 6.54 Å². The van der Waals surface area contributed by atoms with E-state index in [0.29, 0.717) is 11.4 Å². The van der Waals surface area contributed by atoms with Gasteiger partial charge in [-0.15, -0.1) is 0 Å². The summed E-state index contributed by atoms with van der Waals surface area (Å²) in [6.45, 7) is 4.67. The Labute approximate surface area is 145 Å². The zero-order valence-electron chi connectivity index (χ0n) is 14.3. The van der Waals surface area contributed by atoms with Crippen LogP contribution in [0, 0.1) is 12.8 Å². The second-order valence-electron chi connectivity index (χ2n) is 6.68. The first-order valence-electron chi connectivity index (χ1n) is 8.40.